The molecule has 0 fully saturated rings. The molecule has 0 amide bonds. The Balaban J connectivity index is 0.00000196. The normalized spacial score (nSPS) is 11.8. The van der Waals surface area contributed by atoms with Crippen LogP contribution in [0.2, 0.25) is 0 Å². The van der Waals surface area contributed by atoms with Gasteiger partial charge >= 0.3 is 40.0 Å². The van der Waals surface area contributed by atoms with Gasteiger partial charge < -0.3 is 0 Å². The Kier molecular flexibility index (Phi) is 5.40. The average molecular weight is 375 g/mol. The number of aryl methyl sites for hydroxylation is 1. The number of fused-ring (bicyclic) bond motifs is 4. The third-order valence-electron chi connectivity index (χ3n) is 4.64. The average Bonchev–Trinajstić information content (AvgIpc) is 2.60. The molecule has 4 aromatic rings. The Bertz CT molecular complexity index is 1230. The fourth-order valence-electron chi connectivity index (χ4n) is 3.55. The zero-order valence-electron chi connectivity index (χ0n) is 14.6. The first-order valence-electron chi connectivity index (χ1n) is 7.89. The number of benzene rings is 4. The van der Waals surface area contributed by atoms with E-state index in [9.17, 15) is 8.42 Å². The smallest absolute Gasteiger partial charge is 0.264 e. The number of rotatable bonds is 3. The summed E-state index contributed by atoms with van der Waals surface area (Å²) in [6.45, 7) is 1.84. The van der Waals surface area contributed by atoms with E-state index in [1.165, 1.54) is 0 Å². The first-order valence-corrected chi connectivity index (χ1v) is 9.26. The molecule has 4 rings (SSSR count). The van der Waals surface area contributed by atoms with Gasteiger partial charge in [-0.25, -0.2) is 4.18 Å². The largest absolute Gasteiger partial charge is 1.00 e. The van der Waals surface area contributed by atoms with Crippen LogP contribution in [0.5, 0.6) is 0 Å². The molecular weight excluding hydrogens is 359 g/mol. The van der Waals surface area contributed by atoms with E-state index in [4.69, 9.17) is 8.74 Å². The monoisotopic (exact) mass is 375 g/mol. The molecule has 0 radical (unpaired) electrons. The van der Waals surface area contributed by atoms with Gasteiger partial charge in [0.15, 0.2) is 0 Å². The molecule has 0 spiro atoms. The SMILES string of the molecule is Cc1c2ccccc2c(COS(=O)(=O)O)c2c1ccc1ccccc12.[Na+]. The van der Waals surface area contributed by atoms with Crippen LogP contribution in [0.25, 0.3) is 32.3 Å². The Morgan fingerprint density at radius 2 is 1.46 bits per heavy atom. The Labute approximate surface area is 174 Å². The molecule has 1 N–H and O–H groups in total. The van der Waals surface area contributed by atoms with Crippen molar-refractivity contribution >= 4 is 42.7 Å². The minimum absolute atomic E-state index is 0. The van der Waals surface area contributed by atoms with Crippen molar-refractivity contribution in [3.05, 3.63) is 71.8 Å². The first kappa shape index (κ1) is 19.3. The van der Waals surface area contributed by atoms with Crippen LogP contribution >= 0.6 is 0 Å². The summed E-state index contributed by atoms with van der Waals surface area (Å²) in [6, 6.07) is 19.9. The van der Waals surface area contributed by atoms with Crippen LogP contribution in [-0.4, -0.2) is 13.0 Å². The zero-order chi connectivity index (χ0) is 17.6. The Morgan fingerprint density at radius 3 is 2.15 bits per heavy atom. The van der Waals surface area contributed by atoms with Gasteiger partial charge in [0.05, 0.1) is 6.61 Å². The summed E-state index contributed by atoms with van der Waals surface area (Å²) >= 11 is 0. The van der Waals surface area contributed by atoms with E-state index in [-0.39, 0.29) is 36.2 Å². The fraction of sp³-hybridized carbons (Fsp3) is 0.100. The summed E-state index contributed by atoms with van der Waals surface area (Å²) in [4.78, 5) is 0. The minimum atomic E-state index is -4.52. The van der Waals surface area contributed by atoms with Crippen molar-refractivity contribution in [3.63, 3.8) is 0 Å². The van der Waals surface area contributed by atoms with Crippen LogP contribution in [0.4, 0.5) is 0 Å². The van der Waals surface area contributed by atoms with Gasteiger partial charge in [0, 0.05) is 0 Å². The molecular formula is C20H16NaO4S+. The Morgan fingerprint density at radius 1 is 0.846 bits per heavy atom. The summed E-state index contributed by atoms with van der Waals surface area (Å²) in [6.07, 6.45) is 0. The predicted octanol–water partition coefficient (Wildman–Crippen LogP) is 1.78. The van der Waals surface area contributed by atoms with Crippen LogP contribution in [0, 0.1) is 6.92 Å². The number of hydrogen-bond acceptors (Lipinski definition) is 3. The van der Waals surface area contributed by atoms with Crippen molar-refractivity contribution in [2.45, 2.75) is 13.5 Å². The maximum absolute atomic E-state index is 11.1. The third-order valence-corrected chi connectivity index (χ3v) is 5.06. The molecule has 126 valence electrons. The molecule has 4 aromatic carbocycles. The van der Waals surface area contributed by atoms with Crippen molar-refractivity contribution < 1.29 is 46.7 Å². The van der Waals surface area contributed by atoms with Gasteiger partial charge in [0.25, 0.3) is 0 Å². The molecule has 0 aliphatic carbocycles. The molecule has 6 heteroatoms. The molecule has 0 aliphatic rings. The summed E-state index contributed by atoms with van der Waals surface area (Å²) in [7, 11) is -4.52. The van der Waals surface area contributed by atoms with Crippen molar-refractivity contribution in [1.82, 2.24) is 0 Å². The molecule has 0 aromatic heterocycles. The van der Waals surface area contributed by atoms with Crippen LogP contribution in [-0.2, 0) is 21.2 Å². The van der Waals surface area contributed by atoms with E-state index in [0.717, 1.165) is 43.4 Å². The summed E-state index contributed by atoms with van der Waals surface area (Å²) in [5.74, 6) is 0. The summed E-state index contributed by atoms with van der Waals surface area (Å²) < 4.78 is 36.1. The van der Waals surface area contributed by atoms with E-state index < -0.39 is 10.4 Å². The molecule has 0 saturated carbocycles. The van der Waals surface area contributed by atoms with Gasteiger partial charge in [-0.3, -0.25) is 4.55 Å². The van der Waals surface area contributed by atoms with Gasteiger partial charge in [-0.05, 0) is 50.4 Å². The van der Waals surface area contributed by atoms with E-state index >= 15 is 0 Å². The van der Waals surface area contributed by atoms with Gasteiger partial charge in [-0.1, -0.05) is 60.7 Å². The van der Waals surface area contributed by atoms with Crippen molar-refractivity contribution in [2.75, 3.05) is 0 Å². The molecule has 0 saturated heterocycles. The van der Waals surface area contributed by atoms with Gasteiger partial charge in [0.1, 0.15) is 0 Å². The standard InChI is InChI=1S/C20H16O4S.Na/c1-13-15-7-4-5-9-18(15)19(12-24-25(21,22)23)20-16(13)11-10-14-6-2-3-8-17(14)20;/h2-11H,12H2,1H3,(H,21,22,23);/q;+1. The third kappa shape index (κ3) is 3.39. The van der Waals surface area contributed by atoms with Crippen molar-refractivity contribution in [2.24, 2.45) is 0 Å². The van der Waals surface area contributed by atoms with Crippen LogP contribution < -0.4 is 29.6 Å². The predicted molar refractivity (Wildman–Crippen MR) is 100 cm³/mol. The molecule has 0 aliphatic heterocycles. The topological polar surface area (TPSA) is 63.6 Å². The van der Waals surface area contributed by atoms with E-state index in [1.807, 2.05) is 48.5 Å². The number of hydrogen-bond donors (Lipinski definition) is 1. The van der Waals surface area contributed by atoms with E-state index in [0.29, 0.717) is 0 Å². The van der Waals surface area contributed by atoms with E-state index in [2.05, 4.69) is 19.1 Å². The Hall–Kier alpha value is -1.47. The first-order chi connectivity index (χ1) is 12.0. The second-order valence-corrected chi connectivity index (χ2v) is 7.14. The van der Waals surface area contributed by atoms with Gasteiger partial charge in [-0.2, -0.15) is 8.42 Å². The molecule has 0 unspecified atom stereocenters. The van der Waals surface area contributed by atoms with E-state index in [1.54, 1.807) is 0 Å². The van der Waals surface area contributed by atoms with Gasteiger partial charge in [0.2, 0.25) is 0 Å². The van der Waals surface area contributed by atoms with Crippen LogP contribution in [0.15, 0.2) is 60.7 Å². The quantitative estimate of drug-likeness (QED) is 0.257. The molecule has 0 heterocycles. The zero-order valence-corrected chi connectivity index (χ0v) is 17.4. The van der Waals surface area contributed by atoms with Crippen LogP contribution in [0.3, 0.4) is 0 Å². The maximum Gasteiger partial charge on any atom is 1.00 e. The molecule has 4 nitrogen and oxygen atoms in total. The fourth-order valence-corrected chi connectivity index (χ4v) is 3.81. The van der Waals surface area contributed by atoms with Crippen molar-refractivity contribution in [3.8, 4) is 0 Å². The van der Waals surface area contributed by atoms with Crippen LogP contribution in [0.1, 0.15) is 11.1 Å². The summed E-state index contributed by atoms with van der Waals surface area (Å²) in [5, 5.41) is 6.07. The summed E-state index contributed by atoms with van der Waals surface area (Å²) in [5.41, 5.74) is 1.89. The second-order valence-electron chi connectivity index (χ2n) is 6.05. The van der Waals surface area contributed by atoms with Crippen molar-refractivity contribution in [1.29, 1.82) is 0 Å². The second kappa shape index (κ2) is 7.27. The molecule has 0 bridgehead atoms. The van der Waals surface area contributed by atoms with Gasteiger partial charge in [-0.15, -0.1) is 0 Å². The minimum Gasteiger partial charge on any atom is -0.264 e. The molecule has 0 atom stereocenters. The molecule has 26 heavy (non-hydrogen) atoms. The maximum atomic E-state index is 11.1.